The van der Waals surface area contributed by atoms with Gasteiger partial charge in [0.25, 0.3) is 0 Å². The monoisotopic (exact) mass is 337 g/mol. The van der Waals surface area contributed by atoms with Gasteiger partial charge < -0.3 is 0 Å². The first-order valence-electron chi connectivity index (χ1n) is 7.94. The number of benzene rings is 2. The minimum absolute atomic E-state index is 0.307. The lowest BCUT2D eigenvalue weighted by molar-refractivity contribution is 0.0837. The Bertz CT molecular complexity index is 777. The largest absolute Gasteiger partial charge is 0.279 e. The van der Waals surface area contributed by atoms with Gasteiger partial charge in [-0.2, -0.15) is 5.12 Å². The molecule has 0 bridgehead atoms. The summed E-state index contributed by atoms with van der Waals surface area (Å²) in [6.45, 7) is 4.31. The lowest BCUT2D eigenvalue weighted by atomic mass is 10.1. The van der Waals surface area contributed by atoms with Gasteiger partial charge in [0.05, 0.1) is 11.2 Å². The molecule has 2 aliphatic heterocycles. The molecule has 0 saturated heterocycles. The summed E-state index contributed by atoms with van der Waals surface area (Å²) in [5.74, 6) is 0.819. The molecule has 2 unspecified atom stereocenters. The Morgan fingerprint density at radius 1 is 1.04 bits per heavy atom. The minimum Gasteiger partial charge on any atom is -0.279 e. The summed E-state index contributed by atoms with van der Waals surface area (Å²) in [5, 5.41) is 9.05. The van der Waals surface area contributed by atoms with Crippen molar-refractivity contribution in [2.45, 2.75) is 24.8 Å². The number of para-hydroxylation sites is 1. The van der Waals surface area contributed by atoms with Crippen LogP contribution in [-0.2, 0) is 0 Å². The average molecular weight is 337 g/mol. The number of aliphatic imine (C=N–C) groups is 1. The third-order valence-electron chi connectivity index (χ3n) is 4.41. The van der Waals surface area contributed by atoms with Crippen molar-refractivity contribution in [3.05, 3.63) is 66.2 Å². The third kappa shape index (κ3) is 2.48. The molecule has 5 nitrogen and oxygen atoms in total. The summed E-state index contributed by atoms with van der Waals surface area (Å²) in [7, 11) is 0. The quantitative estimate of drug-likeness (QED) is 0.931. The molecule has 0 radical (unpaired) electrons. The molecule has 0 fully saturated rings. The fourth-order valence-electron chi connectivity index (χ4n) is 2.76. The van der Waals surface area contributed by atoms with Crippen LogP contribution >= 0.6 is 11.8 Å². The van der Waals surface area contributed by atoms with Crippen LogP contribution in [0.1, 0.15) is 19.4 Å². The number of hydrogen-bond acceptors (Lipinski definition) is 6. The molecule has 2 aromatic rings. The van der Waals surface area contributed by atoms with Gasteiger partial charge in [-0.25, -0.2) is 0 Å². The van der Waals surface area contributed by atoms with Gasteiger partial charge in [0.15, 0.2) is 11.5 Å². The maximum Gasteiger partial charge on any atom is 0.171 e. The molecule has 1 N–H and O–H groups in total. The van der Waals surface area contributed by atoms with E-state index in [1.807, 2.05) is 64.3 Å². The summed E-state index contributed by atoms with van der Waals surface area (Å²) in [4.78, 5) is 4.72. The molecular formula is C18H19N5S. The summed E-state index contributed by atoms with van der Waals surface area (Å²) in [6.07, 6.45) is 0. The van der Waals surface area contributed by atoms with Crippen LogP contribution in [0.4, 0.5) is 5.69 Å². The Labute approximate surface area is 146 Å². The zero-order valence-electron chi connectivity index (χ0n) is 13.6. The second-order valence-electron chi connectivity index (χ2n) is 5.97. The van der Waals surface area contributed by atoms with Gasteiger partial charge in [-0.3, -0.25) is 10.4 Å². The predicted molar refractivity (Wildman–Crippen MR) is 101 cm³/mol. The van der Waals surface area contributed by atoms with Gasteiger partial charge in [-0.05, 0) is 26.0 Å². The lowest BCUT2D eigenvalue weighted by Crippen LogP contribution is -2.60. The third-order valence-corrected chi connectivity index (χ3v) is 5.49. The summed E-state index contributed by atoms with van der Waals surface area (Å²) >= 11 is 1.73. The number of hydrogen-bond donors (Lipinski definition) is 1. The van der Waals surface area contributed by atoms with Crippen molar-refractivity contribution < 1.29 is 0 Å². The van der Waals surface area contributed by atoms with E-state index in [9.17, 15) is 0 Å². The van der Waals surface area contributed by atoms with Crippen LogP contribution < -0.4 is 10.5 Å². The zero-order valence-corrected chi connectivity index (χ0v) is 14.4. The molecule has 0 spiro atoms. The number of thioether (sulfide) groups is 1. The molecule has 0 aromatic heterocycles. The molecule has 4 rings (SSSR count). The number of hydrazone groups is 1. The second-order valence-corrected chi connectivity index (χ2v) is 7.16. The molecule has 2 aliphatic rings. The van der Waals surface area contributed by atoms with Crippen molar-refractivity contribution in [1.29, 1.82) is 0 Å². The van der Waals surface area contributed by atoms with Gasteiger partial charge in [-0.1, -0.05) is 53.6 Å². The molecule has 0 saturated carbocycles. The highest BCUT2D eigenvalue weighted by atomic mass is 32.2. The number of nitrogens with one attached hydrogen (secondary N) is 1. The van der Waals surface area contributed by atoms with Crippen molar-refractivity contribution in [1.82, 2.24) is 10.5 Å². The van der Waals surface area contributed by atoms with Crippen LogP contribution in [0.2, 0.25) is 0 Å². The topological polar surface area (TPSA) is 43.2 Å². The van der Waals surface area contributed by atoms with Crippen LogP contribution in [0, 0.1) is 0 Å². The van der Waals surface area contributed by atoms with Crippen molar-refractivity contribution in [2.24, 2.45) is 10.1 Å². The Kier molecular flexibility index (Phi) is 3.78. The molecule has 122 valence electrons. The predicted octanol–water partition coefficient (Wildman–Crippen LogP) is 3.47. The van der Waals surface area contributed by atoms with Gasteiger partial charge >= 0.3 is 0 Å². The van der Waals surface area contributed by atoms with Crippen molar-refractivity contribution in [2.75, 3.05) is 5.12 Å². The maximum absolute atomic E-state index is 4.82. The van der Waals surface area contributed by atoms with Crippen LogP contribution in [0.25, 0.3) is 0 Å². The van der Waals surface area contributed by atoms with E-state index in [1.54, 1.807) is 11.8 Å². The van der Waals surface area contributed by atoms with E-state index in [4.69, 9.17) is 10.1 Å². The van der Waals surface area contributed by atoms with E-state index in [0.717, 1.165) is 17.1 Å². The summed E-state index contributed by atoms with van der Waals surface area (Å²) in [5.41, 5.74) is 7.01. The first kappa shape index (κ1) is 15.2. The highest BCUT2D eigenvalue weighted by Gasteiger charge is 2.46. The number of nitrogens with zero attached hydrogens (tertiary/aromatic N) is 4. The molecule has 0 amide bonds. The van der Waals surface area contributed by atoms with Crippen LogP contribution in [0.5, 0.6) is 0 Å². The Balaban J connectivity index is 1.75. The Hall–Kier alpha value is -2.31. The SMILES string of the molecule is CC1SC=NC1(C)N1NC(c2ccccc2)=NN1c1ccccc1. The van der Waals surface area contributed by atoms with Crippen molar-refractivity contribution in [3.8, 4) is 0 Å². The molecule has 24 heavy (non-hydrogen) atoms. The molecule has 2 atom stereocenters. The smallest absolute Gasteiger partial charge is 0.171 e. The van der Waals surface area contributed by atoms with Gasteiger partial charge in [0.2, 0.25) is 0 Å². The molecular weight excluding hydrogens is 318 g/mol. The van der Waals surface area contributed by atoms with E-state index in [2.05, 4.69) is 31.4 Å². The van der Waals surface area contributed by atoms with E-state index in [-0.39, 0.29) is 0 Å². The minimum atomic E-state index is -0.416. The zero-order chi connectivity index (χ0) is 16.6. The average Bonchev–Trinajstić information content (AvgIpc) is 3.22. The summed E-state index contributed by atoms with van der Waals surface area (Å²) in [6, 6.07) is 20.3. The number of anilines is 1. The standard InChI is InChI=1S/C18H19N5S/c1-14-18(2,19-13-24-14)23-21-17(15-9-5-3-6-10-15)20-22(23)16-11-7-4-8-12-16/h3-14H,1-2H3,(H,20,21). The van der Waals surface area contributed by atoms with Crippen LogP contribution in [-0.4, -0.2) is 27.4 Å². The van der Waals surface area contributed by atoms with Crippen LogP contribution in [0.3, 0.4) is 0 Å². The van der Waals surface area contributed by atoms with Gasteiger partial charge in [0, 0.05) is 10.8 Å². The molecule has 6 heteroatoms. The highest BCUT2D eigenvalue weighted by molar-refractivity contribution is 8.12. The van der Waals surface area contributed by atoms with Crippen molar-refractivity contribution >= 4 is 28.8 Å². The highest BCUT2D eigenvalue weighted by Crippen LogP contribution is 2.37. The fraction of sp³-hybridized carbons (Fsp3) is 0.222. The first-order valence-corrected chi connectivity index (χ1v) is 8.88. The fourth-order valence-corrected chi connectivity index (χ4v) is 3.63. The maximum atomic E-state index is 4.82. The normalized spacial score (nSPS) is 26.5. The molecule has 2 heterocycles. The number of hydrazine groups is 2. The second kappa shape index (κ2) is 5.96. The van der Waals surface area contributed by atoms with E-state index < -0.39 is 5.66 Å². The number of rotatable bonds is 3. The van der Waals surface area contributed by atoms with E-state index in [0.29, 0.717) is 5.25 Å². The van der Waals surface area contributed by atoms with Gasteiger partial charge in [0.1, 0.15) is 0 Å². The Morgan fingerprint density at radius 2 is 1.71 bits per heavy atom. The van der Waals surface area contributed by atoms with E-state index in [1.165, 1.54) is 0 Å². The first-order chi connectivity index (χ1) is 11.7. The molecule has 2 aromatic carbocycles. The van der Waals surface area contributed by atoms with Crippen LogP contribution in [0.15, 0.2) is 70.8 Å². The van der Waals surface area contributed by atoms with Gasteiger partial charge in [-0.15, -0.1) is 16.9 Å². The number of amidine groups is 1. The van der Waals surface area contributed by atoms with E-state index >= 15 is 0 Å². The summed E-state index contributed by atoms with van der Waals surface area (Å²) < 4.78 is 0. The van der Waals surface area contributed by atoms with Crippen molar-refractivity contribution in [3.63, 3.8) is 0 Å². The Morgan fingerprint density at radius 3 is 2.33 bits per heavy atom. The molecule has 0 aliphatic carbocycles. The lowest BCUT2D eigenvalue weighted by Gasteiger charge is -2.39.